The first-order valence-electron chi connectivity index (χ1n) is 14.2. The van der Waals surface area contributed by atoms with Crippen LogP contribution in [0.2, 0.25) is 0 Å². The van der Waals surface area contributed by atoms with Gasteiger partial charge in [0.15, 0.2) is 5.65 Å². The molecule has 1 amide bonds. The van der Waals surface area contributed by atoms with Crippen molar-refractivity contribution in [2.45, 2.75) is 34.2 Å². The Morgan fingerprint density at radius 3 is 2.49 bits per heavy atom. The minimum atomic E-state index is -0.294. The number of amides is 1. The number of hydrogen-bond acceptors (Lipinski definition) is 7. The van der Waals surface area contributed by atoms with Crippen LogP contribution < -0.4 is 15.5 Å². The average Bonchev–Trinajstić information content (AvgIpc) is 3.57. The Labute approximate surface area is 268 Å². The van der Waals surface area contributed by atoms with Crippen LogP contribution in [0, 0.1) is 5.82 Å². The molecule has 3 aromatic heterocycles. The van der Waals surface area contributed by atoms with E-state index in [2.05, 4.69) is 53.1 Å². The average molecular weight is 717 g/mol. The molecule has 5 rings (SSSR count). The minimum Gasteiger partial charge on any atom is -0.372 e. The van der Waals surface area contributed by atoms with Crippen molar-refractivity contribution in [3.8, 4) is 11.3 Å². The highest BCUT2D eigenvalue weighted by molar-refractivity contribution is 14.2. The molecule has 0 aliphatic rings. The van der Waals surface area contributed by atoms with E-state index in [1.54, 1.807) is 6.07 Å². The molecule has 5 aromatic rings. The number of rotatable bonds is 10. The Bertz CT molecular complexity index is 1730. The summed E-state index contributed by atoms with van der Waals surface area (Å²) in [7, 11) is 7.58. The molecule has 3 heterocycles. The number of aromatic nitrogens is 4. The molecule has 0 bridgehead atoms. The lowest BCUT2D eigenvalue weighted by Gasteiger charge is -2.24. The summed E-state index contributed by atoms with van der Waals surface area (Å²) >= 11 is 2.22. The van der Waals surface area contributed by atoms with E-state index >= 15 is 0 Å². The molecule has 2 N–H and O–H groups in total. The van der Waals surface area contributed by atoms with Crippen molar-refractivity contribution < 1.29 is 9.18 Å². The zero-order chi connectivity index (χ0) is 31.3. The number of benzene rings is 2. The Hall–Kier alpha value is -3.36. The monoisotopic (exact) mass is 716 g/mol. The fourth-order valence-corrected chi connectivity index (χ4v) is 6.13. The number of carbonyl (C=O) groups is 1. The van der Waals surface area contributed by atoms with E-state index in [-0.39, 0.29) is 11.7 Å². The summed E-state index contributed by atoms with van der Waals surface area (Å²) in [5.41, 5.74) is 5.57. The van der Waals surface area contributed by atoms with E-state index in [1.807, 2.05) is 81.7 Å². The summed E-state index contributed by atoms with van der Waals surface area (Å²) in [6, 6.07) is 12.7. The van der Waals surface area contributed by atoms with Crippen LogP contribution in [0.25, 0.3) is 33.2 Å². The predicted octanol–water partition coefficient (Wildman–Crippen LogP) is 7.78. The van der Waals surface area contributed by atoms with E-state index in [0.29, 0.717) is 17.3 Å². The van der Waals surface area contributed by atoms with Crippen LogP contribution in [-0.2, 0) is 11.3 Å². The third-order valence-corrected chi connectivity index (χ3v) is 8.60. The molecule has 0 fully saturated rings. The van der Waals surface area contributed by atoms with Gasteiger partial charge >= 0.3 is 0 Å². The summed E-state index contributed by atoms with van der Waals surface area (Å²) in [5, 5.41) is 7.98. The lowest BCUT2D eigenvalue weighted by molar-refractivity contribution is -0.114. The summed E-state index contributed by atoms with van der Waals surface area (Å²) in [6.07, 6.45) is 3.98. The zero-order valence-electron chi connectivity index (χ0n) is 25.6. The molecule has 0 unspecified atom stereocenters. The highest BCUT2D eigenvalue weighted by atomic mass is 127. The lowest BCUT2D eigenvalue weighted by Crippen LogP contribution is -2.29. The van der Waals surface area contributed by atoms with Gasteiger partial charge in [0.1, 0.15) is 5.82 Å². The molecule has 9 nitrogen and oxygen atoms in total. The van der Waals surface area contributed by atoms with Crippen molar-refractivity contribution in [2.24, 2.45) is 0 Å². The number of halogens is 2. The molecule has 228 valence electrons. The topological polar surface area (TPSA) is 83.2 Å². The summed E-state index contributed by atoms with van der Waals surface area (Å²) in [4.78, 5) is 26.1. The van der Waals surface area contributed by atoms with E-state index in [1.165, 1.54) is 22.1 Å². The number of carbonyl (C=O) groups excluding carboxylic acids is 1. The molecule has 0 radical (unpaired) electrons. The van der Waals surface area contributed by atoms with Gasteiger partial charge in [0, 0.05) is 104 Å². The van der Waals surface area contributed by atoms with Gasteiger partial charge in [-0.3, -0.25) is 8.77 Å². The summed E-state index contributed by atoms with van der Waals surface area (Å²) < 4.78 is 18.5. The van der Waals surface area contributed by atoms with Gasteiger partial charge < -0.3 is 25.0 Å². The van der Waals surface area contributed by atoms with Crippen molar-refractivity contribution in [3.63, 3.8) is 0 Å². The third-order valence-electron chi connectivity index (χ3n) is 6.88. The van der Waals surface area contributed by atoms with Crippen molar-refractivity contribution in [1.29, 1.82) is 0 Å². The number of fused-ring (bicyclic) bond motifs is 2. The molecule has 0 aliphatic carbocycles. The van der Waals surface area contributed by atoms with Gasteiger partial charge in [-0.25, -0.2) is 9.37 Å². The second-order valence-corrected chi connectivity index (χ2v) is 11.8. The van der Waals surface area contributed by atoms with E-state index < -0.39 is 0 Å². The summed E-state index contributed by atoms with van der Waals surface area (Å²) in [6.45, 7) is 9.98. The Kier molecular flexibility index (Phi) is 10.9. The van der Waals surface area contributed by atoms with Gasteiger partial charge in [-0.15, -0.1) is 0 Å². The number of nitrogens with one attached hydrogen (secondary N) is 2. The van der Waals surface area contributed by atoms with E-state index in [4.69, 9.17) is 9.97 Å². The van der Waals surface area contributed by atoms with E-state index in [9.17, 15) is 9.18 Å². The molecule has 0 aliphatic heterocycles. The quantitative estimate of drug-likeness (QED) is 0.143. The first kappa shape index (κ1) is 32.6. The van der Waals surface area contributed by atoms with Gasteiger partial charge in [0.25, 0.3) is 0 Å². The molecular formula is C31H38FIN8OS. The number of aryl methyl sites for hydroxylation is 1. The minimum absolute atomic E-state index is 0.152. The van der Waals surface area contributed by atoms with Crippen LogP contribution in [0.4, 0.5) is 27.4 Å². The van der Waals surface area contributed by atoms with Gasteiger partial charge in [0.05, 0.1) is 17.1 Å². The largest absolute Gasteiger partial charge is 0.372 e. The van der Waals surface area contributed by atoms with Crippen LogP contribution in [0.15, 0.2) is 54.9 Å². The Morgan fingerprint density at radius 1 is 1.05 bits per heavy atom. The molecule has 0 atom stereocenters. The highest BCUT2D eigenvalue weighted by Crippen LogP contribution is 2.37. The maximum Gasteiger partial charge on any atom is 0.229 e. The summed E-state index contributed by atoms with van der Waals surface area (Å²) in [5.74, 6) is -0.0484. The van der Waals surface area contributed by atoms with Crippen LogP contribution in [-0.4, -0.2) is 63.5 Å². The van der Waals surface area contributed by atoms with Crippen molar-refractivity contribution in [3.05, 3.63) is 60.7 Å². The molecule has 43 heavy (non-hydrogen) atoms. The molecule has 12 heteroatoms. The first-order valence-corrected chi connectivity index (χ1v) is 17.5. The maximum atomic E-state index is 14.4. The molecule has 2 aromatic carbocycles. The lowest BCUT2D eigenvalue weighted by atomic mass is 10.1. The standard InChI is InChI=1S/C29H32FIN8OS.C2H6/c1-6-38-17-23(22-15-19(30)7-9-25(22)38)27-21-11-12-39(41-31)28(21)35-29(34-27)33-20-8-10-26(24(16-20)32-18(2)40)37(5)14-13-36(3)4;1-2/h7-12,15-17H,6,13-14H2,1-5H3,(H,32,40)(H,33,34,35);1-2H3. The highest BCUT2D eigenvalue weighted by Gasteiger charge is 2.19. The predicted molar refractivity (Wildman–Crippen MR) is 188 cm³/mol. The maximum absolute atomic E-state index is 14.4. The SMILES string of the molecule is CC.CCn1cc(-c2nc(Nc3ccc(N(C)CCN(C)C)c(NC(C)=O)c3)nc3c2ccn3SI)c2cc(F)ccc21. The second-order valence-electron chi connectivity index (χ2n) is 10.1. The zero-order valence-corrected chi connectivity index (χ0v) is 28.5. The molecule has 0 saturated carbocycles. The van der Waals surface area contributed by atoms with Gasteiger partial charge in [-0.1, -0.05) is 13.8 Å². The first-order chi connectivity index (χ1) is 20.7. The Balaban J connectivity index is 0.00000207. The Morgan fingerprint density at radius 2 is 1.81 bits per heavy atom. The normalized spacial score (nSPS) is 11.1. The van der Waals surface area contributed by atoms with Crippen molar-refractivity contribution >= 4 is 81.2 Å². The number of nitrogens with zero attached hydrogens (tertiary/aromatic N) is 6. The number of hydrogen-bond donors (Lipinski definition) is 2. The molecular weight excluding hydrogens is 678 g/mol. The van der Waals surface area contributed by atoms with Gasteiger partial charge in [-0.05, 0) is 63.5 Å². The third kappa shape index (κ3) is 7.24. The van der Waals surface area contributed by atoms with E-state index in [0.717, 1.165) is 58.5 Å². The van der Waals surface area contributed by atoms with Crippen LogP contribution >= 0.6 is 30.3 Å². The van der Waals surface area contributed by atoms with Gasteiger partial charge in [-0.2, -0.15) is 4.98 Å². The molecule has 0 saturated heterocycles. The second kappa shape index (κ2) is 14.4. The number of anilines is 4. The van der Waals surface area contributed by atoms with Crippen molar-refractivity contribution in [1.82, 2.24) is 23.4 Å². The van der Waals surface area contributed by atoms with Crippen LogP contribution in [0.5, 0.6) is 0 Å². The fraction of sp³-hybridized carbons (Fsp3) is 0.323. The smallest absolute Gasteiger partial charge is 0.229 e. The van der Waals surface area contributed by atoms with Gasteiger partial charge in [0.2, 0.25) is 11.9 Å². The van der Waals surface area contributed by atoms with Crippen LogP contribution in [0.1, 0.15) is 27.7 Å². The molecule has 0 spiro atoms. The van der Waals surface area contributed by atoms with Crippen LogP contribution in [0.3, 0.4) is 0 Å². The fourth-order valence-electron chi connectivity index (χ4n) is 4.86. The van der Waals surface area contributed by atoms with Crippen molar-refractivity contribution in [2.75, 3.05) is 49.8 Å². The number of likely N-dealkylation sites (N-methyl/N-ethyl adjacent to an activating group) is 2.